The molecule has 4 nitrogen and oxygen atoms in total. The topological polar surface area (TPSA) is 49.8 Å². The largest absolute Gasteiger partial charge is 0.350 e. The first-order valence-corrected chi connectivity index (χ1v) is 8.56. The lowest BCUT2D eigenvalue weighted by Crippen LogP contribution is -2.06. The fourth-order valence-corrected chi connectivity index (χ4v) is 2.71. The predicted molar refractivity (Wildman–Crippen MR) is 105 cm³/mol. The van der Waals surface area contributed by atoms with E-state index in [1.54, 1.807) is 0 Å². The van der Waals surface area contributed by atoms with Crippen molar-refractivity contribution in [3.63, 3.8) is 0 Å². The smallest absolute Gasteiger partial charge is 0.225 e. The summed E-state index contributed by atoms with van der Waals surface area (Å²) in [5.41, 5.74) is 5.28. The highest BCUT2D eigenvalue weighted by atomic mass is 35.5. The summed E-state index contributed by atoms with van der Waals surface area (Å²) in [4.78, 5) is 9.00. The number of halogens is 1. The van der Waals surface area contributed by atoms with Crippen molar-refractivity contribution in [1.29, 1.82) is 0 Å². The number of rotatable bonds is 5. The Labute approximate surface area is 153 Å². The molecule has 3 aromatic rings. The number of aryl methyl sites for hydroxylation is 3. The van der Waals surface area contributed by atoms with Gasteiger partial charge in [0.05, 0.1) is 0 Å². The minimum Gasteiger partial charge on any atom is -0.350 e. The van der Waals surface area contributed by atoms with E-state index >= 15 is 0 Å². The molecule has 0 aliphatic rings. The van der Waals surface area contributed by atoms with Crippen molar-refractivity contribution < 1.29 is 0 Å². The number of hydrogen-bond acceptors (Lipinski definition) is 4. The van der Waals surface area contributed by atoms with E-state index in [1.807, 2.05) is 38.1 Å². The molecule has 0 aliphatic carbocycles. The van der Waals surface area contributed by atoms with Gasteiger partial charge >= 0.3 is 0 Å². The van der Waals surface area contributed by atoms with E-state index in [-0.39, 0.29) is 0 Å². The molecule has 0 radical (unpaired) electrons. The Hall–Kier alpha value is -2.59. The fraction of sp³-hybridized carbons (Fsp3) is 0.200. The zero-order valence-electron chi connectivity index (χ0n) is 14.6. The van der Waals surface area contributed by atoms with Crippen LogP contribution in [-0.2, 0) is 6.54 Å². The standard InChI is InChI=1S/C20H21ClN4/c1-13-5-4-6-16(9-13)12-22-20-23-15(3)10-19(25-20)24-17-8-7-14(2)18(21)11-17/h4-11H,12H2,1-3H3,(H2,22,23,24,25). The Morgan fingerprint density at radius 1 is 0.960 bits per heavy atom. The van der Waals surface area contributed by atoms with Crippen molar-refractivity contribution in [2.24, 2.45) is 0 Å². The van der Waals surface area contributed by atoms with Crippen LogP contribution in [0, 0.1) is 20.8 Å². The van der Waals surface area contributed by atoms with E-state index in [0.29, 0.717) is 12.5 Å². The molecule has 0 aliphatic heterocycles. The maximum atomic E-state index is 6.19. The minimum atomic E-state index is 0.599. The lowest BCUT2D eigenvalue weighted by Gasteiger charge is -2.11. The van der Waals surface area contributed by atoms with Gasteiger partial charge in [0.25, 0.3) is 0 Å². The van der Waals surface area contributed by atoms with Gasteiger partial charge in [0.1, 0.15) is 5.82 Å². The third-order valence-corrected chi connectivity index (χ3v) is 4.24. The van der Waals surface area contributed by atoms with Gasteiger partial charge in [0.15, 0.2) is 0 Å². The Bertz CT molecular complexity index is 893. The van der Waals surface area contributed by atoms with Gasteiger partial charge in [-0.05, 0) is 44.0 Å². The molecule has 3 rings (SSSR count). The molecule has 0 fully saturated rings. The monoisotopic (exact) mass is 352 g/mol. The van der Waals surface area contributed by atoms with Crippen molar-refractivity contribution in [1.82, 2.24) is 9.97 Å². The summed E-state index contributed by atoms with van der Waals surface area (Å²) in [6.07, 6.45) is 0. The van der Waals surface area contributed by atoms with E-state index in [1.165, 1.54) is 11.1 Å². The Kier molecular flexibility index (Phi) is 5.19. The maximum Gasteiger partial charge on any atom is 0.225 e. The van der Waals surface area contributed by atoms with Gasteiger partial charge in [-0.25, -0.2) is 4.98 Å². The van der Waals surface area contributed by atoms with Crippen LogP contribution in [0.4, 0.5) is 17.5 Å². The Balaban J connectivity index is 1.74. The second-order valence-electron chi connectivity index (χ2n) is 6.15. The quantitative estimate of drug-likeness (QED) is 0.644. The molecule has 0 bridgehead atoms. The molecule has 0 saturated carbocycles. The number of nitrogens with zero attached hydrogens (tertiary/aromatic N) is 2. The van der Waals surface area contributed by atoms with Crippen LogP contribution in [0.25, 0.3) is 0 Å². The van der Waals surface area contributed by atoms with Crippen LogP contribution in [0.3, 0.4) is 0 Å². The summed E-state index contributed by atoms with van der Waals surface area (Å²) in [6, 6.07) is 16.1. The molecule has 0 amide bonds. The molecule has 0 saturated heterocycles. The molecule has 128 valence electrons. The molecule has 0 unspecified atom stereocenters. The summed E-state index contributed by atoms with van der Waals surface area (Å²) in [5.74, 6) is 1.33. The fourth-order valence-electron chi connectivity index (χ4n) is 2.53. The van der Waals surface area contributed by atoms with E-state index in [9.17, 15) is 0 Å². The van der Waals surface area contributed by atoms with Gasteiger partial charge in [0, 0.05) is 29.0 Å². The number of aromatic nitrogens is 2. The Morgan fingerprint density at radius 3 is 2.56 bits per heavy atom. The lowest BCUT2D eigenvalue weighted by molar-refractivity contribution is 1.03. The van der Waals surface area contributed by atoms with Crippen molar-refractivity contribution in [2.75, 3.05) is 10.6 Å². The van der Waals surface area contributed by atoms with Gasteiger partial charge in [-0.2, -0.15) is 4.98 Å². The molecule has 1 heterocycles. The van der Waals surface area contributed by atoms with Gasteiger partial charge in [-0.15, -0.1) is 0 Å². The molecule has 25 heavy (non-hydrogen) atoms. The van der Waals surface area contributed by atoms with E-state index < -0.39 is 0 Å². The van der Waals surface area contributed by atoms with Crippen LogP contribution in [0.1, 0.15) is 22.4 Å². The molecule has 2 aromatic carbocycles. The third-order valence-electron chi connectivity index (χ3n) is 3.83. The molecule has 0 spiro atoms. The highest BCUT2D eigenvalue weighted by Gasteiger charge is 2.04. The molecular weight excluding hydrogens is 332 g/mol. The van der Waals surface area contributed by atoms with Crippen molar-refractivity contribution in [2.45, 2.75) is 27.3 Å². The highest BCUT2D eigenvalue weighted by Crippen LogP contribution is 2.23. The second-order valence-corrected chi connectivity index (χ2v) is 6.56. The van der Waals surface area contributed by atoms with Crippen LogP contribution in [0.2, 0.25) is 5.02 Å². The summed E-state index contributed by atoms with van der Waals surface area (Å²) in [5, 5.41) is 7.30. The number of benzene rings is 2. The van der Waals surface area contributed by atoms with Crippen LogP contribution in [-0.4, -0.2) is 9.97 Å². The van der Waals surface area contributed by atoms with Crippen molar-refractivity contribution in [3.8, 4) is 0 Å². The molecule has 1 aromatic heterocycles. The first kappa shape index (κ1) is 17.2. The maximum absolute atomic E-state index is 6.19. The first-order valence-electron chi connectivity index (χ1n) is 8.18. The average molecular weight is 353 g/mol. The van der Waals surface area contributed by atoms with Crippen LogP contribution in [0.15, 0.2) is 48.5 Å². The SMILES string of the molecule is Cc1cccc(CNc2nc(C)cc(Nc3ccc(C)c(Cl)c3)n2)c1. The van der Waals surface area contributed by atoms with E-state index in [0.717, 1.165) is 27.8 Å². The van der Waals surface area contributed by atoms with Crippen LogP contribution < -0.4 is 10.6 Å². The van der Waals surface area contributed by atoms with Crippen LogP contribution >= 0.6 is 11.6 Å². The summed E-state index contributed by atoms with van der Waals surface area (Å²) < 4.78 is 0. The normalized spacial score (nSPS) is 10.6. The number of hydrogen-bond donors (Lipinski definition) is 2. The van der Waals surface area contributed by atoms with E-state index in [2.05, 4.69) is 51.8 Å². The van der Waals surface area contributed by atoms with Crippen molar-refractivity contribution >= 4 is 29.1 Å². The van der Waals surface area contributed by atoms with Crippen molar-refractivity contribution in [3.05, 3.63) is 75.9 Å². The van der Waals surface area contributed by atoms with Gasteiger partial charge in [-0.1, -0.05) is 47.5 Å². The molecule has 5 heteroatoms. The highest BCUT2D eigenvalue weighted by molar-refractivity contribution is 6.31. The average Bonchev–Trinajstić information content (AvgIpc) is 2.56. The lowest BCUT2D eigenvalue weighted by atomic mass is 10.1. The molecule has 0 atom stereocenters. The summed E-state index contributed by atoms with van der Waals surface area (Å²) >= 11 is 6.19. The van der Waals surface area contributed by atoms with Gasteiger partial charge < -0.3 is 10.6 Å². The zero-order valence-corrected chi connectivity index (χ0v) is 15.4. The Morgan fingerprint density at radius 2 is 1.80 bits per heavy atom. The third kappa shape index (κ3) is 4.70. The molecule has 2 N–H and O–H groups in total. The zero-order chi connectivity index (χ0) is 17.8. The van der Waals surface area contributed by atoms with Crippen LogP contribution in [0.5, 0.6) is 0 Å². The first-order chi connectivity index (χ1) is 12.0. The van der Waals surface area contributed by atoms with Gasteiger partial charge in [-0.3, -0.25) is 0 Å². The summed E-state index contributed by atoms with van der Waals surface area (Å²) in [6.45, 7) is 6.70. The number of anilines is 3. The second kappa shape index (κ2) is 7.53. The number of nitrogens with one attached hydrogen (secondary N) is 2. The van der Waals surface area contributed by atoms with Gasteiger partial charge in [0.2, 0.25) is 5.95 Å². The predicted octanol–water partition coefficient (Wildman–Crippen LogP) is 5.41. The van der Waals surface area contributed by atoms with E-state index in [4.69, 9.17) is 11.6 Å². The summed E-state index contributed by atoms with van der Waals surface area (Å²) in [7, 11) is 0. The molecular formula is C20H21ClN4. The minimum absolute atomic E-state index is 0.599.